The van der Waals surface area contributed by atoms with Crippen molar-refractivity contribution in [3.63, 3.8) is 0 Å². The van der Waals surface area contributed by atoms with E-state index in [2.05, 4.69) is 4.98 Å². The first kappa shape index (κ1) is 21.5. The molecule has 9 heteroatoms. The van der Waals surface area contributed by atoms with Gasteiger partial charge in [-0.3, -0.25) is 0 Å². The lowest BCUT2D eigenvalue weighted by molar-refractivity contribution is 0.414. The van der Waals surface area contributed by atoms with Gasteiger partial charge in [-0.05, 0) is 54.4 Å². The molecule has 33 heavy (non-hydrogen) atoms. The van der Waals surface area contributed by atoms with Crippen LogP contribution in [0.5, 0.6) is 5.75 Å². The first-order valence-corrected chi connectivity index (χ1v) is 12.2. The van der Waals surface area contributed by atoms with E-state index in [1.807, 2.05) is 53.4 Å². The Labute approximate surface area is 197 Å². The van der Waals surface area contributed by atoms with Gasteiger partial charge in [-0.15, -0.1) is 0 Å². The van der Waals surface area contributed by atoms with Crippen LogP contribution in [0.1, 0.15) is 5.56 Å². The molecule has 1 aromatic heterocycles. The Balaban J connectivity index is 1.52. The maximum absolute atomic E-state index is 13.5. The Hall–Kier alpha value is -3.36. The van der Waals surface area contributed by atoms with E-state index in [1.54, 1.807) is 19.2 Å². The molecule has 0 saturated heterocycles. The normalized spacial score (nSPS) is 13.4. The average Bonchev–Trinajstić information content (AvgIpc) is 3.20. The van der Waals surface area contributed by atoms with E-state index in [1.165, 1.54) is 16.4 Å². The van der Waals surface area contributed by atoms with Gasteiger partial charge in [0, 0.05) is 11.6 Å². The summed E-state index contributed by atoms with van der Waals surface area (Å²) in [4.78, 5) is 11.5. The van der Waals surface area contributed by atoms with Crippen LogP contribution in [0.25, 0.3) is 11.0 Å². The first-order chi connectivity index (χ1) is 16.0. The number of methoxy groups -OCH3 is 1. The molecule has 0 saturated carbocycles. The minimum Gasteiger partial charge on any atom is -0.497 e. The molecule has 0 spiro atoms. The molecule has 168 valence electrons. The summed E-state index contributed by atoms with van der Waals surface area (Å²) in [6, 6.07) is 21.5. The number of fused-ring (bicyclic) bond motifs is 2. The van der Waals surface area contributed by atoms with E-state index < -0.39 is 10.0 Å². The fraction of sp³-hybridized carbons (Fsp3) is 0.167. The van der Waals surface area contributed by atoms with Crippen molar-refractivity contribution in [2.75, 3.05) is 29.5 Å². The predicted molar refractivity (Wildman–Crippen MR) is 130 cm³/mol. The summed E-state index contributed by atoms with van der Waals surface area (Å²) in [5.74, 6) is 1.66. The third-order valence-corrected chi connectivity index (χ3v) is 7.54. The molecule has 5 rings (SSSR count). The maximum Gasteiger partial charge on any atom is 0.267 e. The third kappa shape index (κ3) is 4.07. The highest BCUT2D eigenvalue weighted by atomic mass is 35.5. The monoisotopic (exact) mass is 480 g/mol. The number of ether oxygens (including phenoxy) is 1. The Morgan fingerprint density at radius 3 is 2.30 bits per heavy atom. The van der Waals surface area contributed by atoms with Crippen LogP contribution in [0.3, 0.4) is 0 Å². The van der Waals surface area contributed by atoms with Crippen LogP contribution >= 0.6 is 11.6 Å². The third-order valence-electron chi connectivity index (χ3n) is 5.58. The SMILES string of the molecule is COc1ccc(CCN2CN(S(=O)(=O)c3cccc(Cl)c3)c3nc4ccccc4nc32)cc1. The molecule has 0 amide bonds. The van der Waals surface area contributed by atoms with Gasteiger partial charge in [0.05, 0.1) is 23.0 Å². The van der Waals surface area contributed by atoms with Gasteiger partial charge in [-0.1, -0.05) is 41.9 Å². The van der Waals surface area contributed by atoms with Crippen molar-refractivity contribution in [2.45, 2.75) is 11.3 Å². The fourth-order valence-electron chi connectivity index (χ4n) is 3.83. The van der Waals surface area contributed by atoms with Crippen molar-refractivity contribution < 1.29 is 13.2 Å². The van der Waals surface area contributed by atoms with Crippen molar-refractivity contribution in [3.05, 3.63) is 83.4 Å². The average molecular weight is 481 g/mol. The molecule has 1 aliphatic rings. The van der Waals surface area contributed by atoms with E-state index in [0.717, 1.165) is 11.3 Å². The largest absolute Gasteiger partial charge is 0.497 e. The number of aromatic nitrogens is 2. The molecule has 0 fully saturated rings. The zero-order chi connectivity index (χ0) is 23.0. The van der Waals surface area contributed by atoms with E-state index in [9.17, 15) is 8.42 Å². The lowest BCUT2D eigenvalue weighted by Gasteiger charge is -2.20. The summed E-state index contributed by atoms with van der Waals surface area (Å²) in [7, 11) is -2.25. The second-order valence-corrected chi connectivity index (χ2v) is 9.97. The summed E-state index contributed by atoms with van der Waals surface area (Å²) in [5.41, 5.74) is 2.47. The van der Waals surface area contributed by atoms with Gasteiger partial charge in [0.1, 0.15) is 12.4 Å². The fourth-order valence-corrected chi connectivity index (χ4v) is 5.50. The lowest BCUT2D eigenvalue weighted by Crippen LogP contribution is -2.36. The molecule has 3 aromatic carbocycles. The van der Waals surface area contributed by atoms with Gasteiger partial charge in [0.2, 0.25) is 0 Å². The Morgan fingerprint density at radius 1 is 0.939 bits per heavy atom. The molecule has 2 heterocycles. The number of anilines is 2. The molecule has 0 atom stereocenters. The van der Waals surface area contributed by atoms with Gasteiger partial charge in [-0.2, -0.15) is 0 Å². The molecule has 0 N–H and O–H groups in total. The van der Waals surface area contributed by atoms with Crippen LogP contribution in [0, 0.1) is 0 Å². The summed E-state index contributed by atoms with van der Waals surface area (Å²) < 4.78 is 33.6. The summed E-state index contributed by atoms with van der Waals surface area (Å²) in [6.07, 6.45) is 0.711. The zero-order valence-corrected chi connectivity index (χ0v) is 19.4. The number of halogens is 1. The van der Waals surface area contributed by atoms with Crippen molar-refractivity contribution in [3.8, 4) is 5.75 Å². The zero-order valence-electron chi connectivity index (χ0n) is 17.8. The van der Waals surface area contributed by atoms with Crippen LogP contribution in [0.4, 0.5) is 11.6 Å². The molecular weight excluding hydrogens is 460 g/mol. The number of nitrogens with zero attached hydrogens (tertiary/aromatic N) is 4. The van der Waals surface area contributed by atoms with Crippen molar-refractivity contribution in [1.29, 1.82) is 0 Å². The summed E-state index contributed by atoms with van der Waals surface area (Å²) >= 11 is 6.07. The number of sulfonamides is 1. The molecule has 7 nitrogen and oxygen atoms in total. The quantitative estimate of drug-likeness (QED) is 0.404. The summed E-state index contributed by atoms with van der Waals surface area (Å²) in [6.45, 7) is 0.699. The molecule has 0 aliphatic carbocycles. The minimum atomic E-state index is -3.88. The Bertz CT molecular complexity index is 1430. The predicted octanol–water partition coefficient (Wildman–Crippen LogP) is 4.51. The van der Waals surface area contributed by atoms with Gasteiger partial charge in [-0.25, -0.2) is 22.7 Å². The van der Waals surface area contributed by atoms with Crippen LogP contribution in [-0.4, -0.2) is 38.7 Å². The number of hydrogen-bond donors (Lipinski definition) is 0. The molecule has 0 bridgehead atoms. The van der Waals surface area contributed by atoms with Crippen LogP contribution in [0.15, 0.2) is 77.7 Å². The number of para-hydroxylation sites is 2. The van der Waals surface area contributed by atoms with Crippen LogP contribution in [0.2, 0.25) is 5.02 Å². The van der Waals surface area contributed by atoms with Crippen molar-refractivity contribution in [2.24, 2.45) is 0 Å². The molecule has 1 aliphatic heterocycles. The Kier molecular flexibility index (Phi) is 5.55. The standard InChI is InChI=1S/C24H21ClN4O3S/c1-32-19-11-9-17(10-12-19)13-14-28-16-29(33(30,31)20-6-4-5-18(25)15-20)24-23(28)26-21-7-2-3-8-22(21)27-24/h2-12,15H,13-14,16H2,1H3. The number of rotatable bonds is 6. The molecule has 0 unspecified atom stereocenters. The second-order valence-electron chi connectivity index (χ2n) is 7.67. The van der Waals surface area contributed by atoms with E-state index >= 15 is 0 Å². The van der Waals surface area contributed by atoms with E-state index in [4.69, 9.17) is 21.3 Å². The van der Waals surface area contributed by atoms with Crippen molar-refractivity contribution in [1.82, 2.24) is 9.97 Å². The minimum absolute atomic E-state index is 0.118. The maximum atomic E-state index is 13.5. The molecular formula is C24H21ClN4O3S. The van der Waals surface area contributed by atoms with Crippen LogP contribution < -0.4 is 13.9 Å². The highest BCUT2D eigenvalue weighted by Gasteiger charge is 2.37. The van der Waals surface area contributed by atoms with E-state index in [0.29, 0.717) is 40.7 Å². The second kappa shape index (κ2) is 8.53. The van der Waals surface area contributed by atoms with Gasteiger partial charge >= 0.3 is 0 Å². The van der Waals surface area contributed by atoms with Crippen LogP contribution in [-0.2, 0) is 16.4 Å². The highest BCUT2D eigenvalue weighted by molar-refractivity contribution is 7.92. The highest BCUT2D eigenvalue weighted by Crippen LogP contribution is 2.38. The topological polar surface area (TPSA) is 75.6 Å². The van der Waals surface area contributed by atoms with Crippen molar-refractivity contribution >= 4 is 44.3 Å². The van der Waals surface area contributed by atoms with E-state index in [-0.39, 0.29) is 11.6 Å². The molecule has 0 radical (unpaired) electrons. The molecule has 4 aromatic rings. The Morgan fingerprint density at radius 2 is 1.64 bits per heavy atom. The summed E-state index contributed by atoms with van der Waals surface area (Å²) in [5, 5.41) is 0.358. The van der Waals surface area contributed by atoms with Gasteiger partial charge in [0.25, 0.3) is 10.0 Å². The van der Waals surface area contributed by atoms with Gasteiger partial charge in [0.15, 0.2) is 11.6 Å². The first-order valence-electron chi connectivity index (χ1n) is 10.4. The smallest absolute Gasteiger partial charge is 0.267 e. The lowest BCUT2D eigenvalue weighted by atomic mass is 10.1. The van der Waals surface area contributed by atoms with Gasteiger partial charge < -0.3 is 9.64 Å². The number of hydrogen-bond acceptors (Lipinski definition) is 6. The number of benzene rings is 3.